The summed E-state index contributed by atoms with van der Waals surface area (Å²) < 4.78 is 11.8. The van der Waals surface area contributed by atoms with Crippen molar-refractivity contribution in [3.8, 4) is 11.5 Å². The van der Waals surface area contributed by atoms with E-state index in [1.54, 1.807) is 0 Å². The zero-order valence-electron chi connectivity index (χ0n) is 14.2. The standard InChI is InChI=1S/C19H19BrN2O4/c20-15-7-2-1-6-14(15)18-22-21-16(26-18)10-25-19(24)13-8-11-4-3-5-12(9-13)17(11)23/h1-2,6-7,11-13H,3-5,8-10H2. The Balaban J connectivity index is 1.37. The molecule has 7 heteroatoms. The van der Waals surface area contributed by atoms with Crippen molar-refractivity contribution in [3.63, 3.8) is 0 Å². The van der Waals surface area contributed by atoms with Crippen molar-refractivity contribution in [2.24, 2.45) is 17.8 Å². The molecule has 0 radical (unpaired) electrons. The smallest absolute Gasteiger partial charge is 0.309 e. The van der Waals surface area contributed by atoms with Crippen molar-refractivity contribution in [1.29, 1.82) is 0 Å². The average Bonchev–Trinajstić information content (AvgIpc) is 3.08. The third-order valence-electron chi connectivity index (χ3n) is 5.29. The number of Topliss-reactive ketones (excluding diaryl/α,β-unsaturated/α-hetero) is 1. The number of halogens is 1. The van der Waals surface area contributed by atoms with Crippen LogP contribution >= 0.6 is 15.9 Å². The second kappa shape index (κ2) is 7.31. The van der Waals surface area contributed by atoms with Crippen LogP contribution in [0.15, 0.2) is 33.2 Å². The minimum absolute atomic E-state index is 0.0329. The molecule has 2 fully saturated rings. The second-order valence-electron chi connectivity index (χ2n) is 6.98. The number of nitrogens with zero attached hydrogens (tertiary/aromatic N) is 2. The summed E-state index contributed by atoms with van der Waals surface area (Å²) in [5, 5.41) is 7.96. The van der Waals surface area contributed by atoms with E-state index in [0.717, 1.165) is 29.3 Å². The van der Waals surface area contributed by atoms with Crippen LogP contribution in [0.2, 0.25) is 0 Å². The van der Waals surface area contributed by atoms with E-state index >= 15 is 0 Å². The van der Waals surface area contributed by atoms with Crippen molar-refractivity contribution in [1.82, 2.24) is 10.2 Å². The van der Waals surface area contributed by atoms with Gasteiger partial charge in [-0.05, 0) is 53.7 Å². The van der Waals surface area contributed by atoms with Gasteiger partial charge in [-0.15, -0.1) is 10.2 Å². The first kappa shape index (κ1) is 17.4. The summed E-state index contributed by atoms with van der Waals surface area (Å²) in [6.07, 6.45) is 4.11. The molecule has 2 bridgehead atoms. The van der Waals surface area contributed by atoms with Crippen molar-refractivity contribution >= 4 is 27.7 Å². The van der Waals surface area contributed by atoms with Crippen LogP contribution in [-0.4, -0.2) is 21.9 Å². The average molecular weight is 419 g/mol. The molecule has 4 rings (SSSR count). The molecule has 0 amide bonds. The first-order chi connectivity index (χ1) is 12.6. The molecule has 2 saturated carbocycles. The van der Waals surface area contributed by atoms with Gasteiger partial charge < -0.3 is 9.15 Å². The lowest BCUT2D eigenvalue weighted by molar-refractivity contribution is -0.155. The van der Waals surface area contributed by atoms with Gasteiger partial charge in [-0.1, -0.05) is 18.6 Å². The molecule has 136 valence electrons. The molecule has 2 aromatic rings. The molecule has 2 atom stereocenters. The number of benzene rings is 1. The number of hydrogen-bond donors (Lipinski definition) is 0. The molecule has 2 aliphatic carbocycles. The molecule has 0 aliphatic heterocycles. The largest absolute Gasteiger partial charge is 0.455 e. The number of aromatic nitrogens is 2. The molecular formula is C19H19BrN2O4. The zero-order chi connectivity index (χ0) is 18.1. The van der Waals surface area contributed by atoms with E-state index in [1.165, 1.54) is 0 Å². The van der Waals surface area contributed by atoms with E-state index in [0.29, 0.717) is 24.5 Å². The van der Waals surface area contributed by atoms with E-state index in [-0.39, 0.29) is 36.2 Å². The fraction of sp³-hybridized carbons (Fsp3) is 0.474. The minimum atomic E-state index is -0.268. The first-order valence-electron chi connectivity index (χ1n) is 8.89. The third-order valence-corrected chi connectivity index (χ3v) is 5.98. The number of esters is 1. The lowest BCUT2D eigenvalue weighted by Crippen LogP contribution is -2.39. The van der Waals surface area contributed by atoms with Crippen molar-refractivity contribution in [2.75, 3.05) is 0 Å². The maximum absolute atomic E-state index is 12.4. The molecule has 26 heavy (non-hydrogen) atoms. The molecule has 2 aliphatic rings. The van der Waals surface area contributed by atoms with Crippen LogP contribution in [0.4, 0.5) is 0 Å². The molecule has 2 unspecified atom stereocenters. The minimum Gasteiger partial charge on any atom is -0.455 e. The predicted molar refractivity (Wildman–Crippen MR) is 95.8 cm³/mol. The lowest BCUT2D eigenvalue weighted by Gasteiger charge is -2.36. The third kappa shape index (κ3) is 3.45. The first-order valence-corrected chi connectivity index (χ1v) is 9.68. The maximum atomic E-state index is 12.4. The molecular weight excluding hydrogens is 400 g/mol. The predicted octanol–water partition coefficient (Wildman–Crippen LogP) is 3.94. The summed E-state index contributed by atoms with van der Waals surface area (Å²) in [4.78, 5) is 24.5. The molecule has 6 nitrogen and oxygen atoms in total. The van der Waals surface area contributed by atoms with Crippen molar-refractivity contribution < 1.29 is 18.7 Å². The Labute approximate surface area is 159 Å². The van der Waals surface area contributed by atoms with Gasteiger partial charge in [0, 0.05) is 16.3 Å². The van der Waals surface area contributed by atoms with Crippen LogP contribution in [-0.2, 0) is 20.9 Å². The van der Waals surface area contributed by atoms with Crippen LogP contribution in [0, 0.1) is 17.8 Å². The van der Waals surface area contributed by atoms with Gasteiger partial charge in [-0.25, -0.2) is 0 Å². The van der Waals surface area contributed by atoms with Gasteiger partial charge in [0.25, 0.3) is 5.89 Å². The number of hydrogen-bond acceptors (Lipinski definition) is 6. The number of fused-ring (bicyclic) bond motifs is 2. The van der Waals surface area contributed by atoms with Crippen LogP contribution in [0.3, 0.4) is 0 Å². The van der Waals surface area contributed by atoms with Gasteiger partial charge in [0.05, 0.1) is 11.5 Å². The molecule has 0 spiro atoms. The SMILES string of the molecule is O=C(OCc1nnc(-c2ccccc2Br)o1)C1CC2CCCC(C1)C2=O. The van der Waals surface area contributed by atoms with Gasteiger partial charge in [0.2, 0.25) is 5.89 Å². The fourth-order valence-corrected chi connectivity index (χ4v) is 4.43. The van der Waals surface area contributed by atoms with E-state index < -0.39 is 0 Å². The monoisotopic (exact) mass is 418 g/mol. The summed E-state index contributed by atoms with van der Waals surface area (Å²) in [7, 11) is 0. The lowest BCUT2D eigenvalue weighted by atomic mass is 9.67. The zero-order valence-corrected chi connectivity index (χ0v) is 15.8. The van der Waals surface area contributed by atoms with E-state index in [2.05, 4.69) is 26.1 Å². The molecule has 0 saturated heterocycles. The number of ketones is 1. The summed E-state index contributed by atoms with van der Waals surface area (Å²) in [6.45, 7) is -0.0456. The Kier molecular flexibility index (Phi) is 4.89. The normalized spacial score (nSPS) is 25.1. The maximum Gasteiger partial charge on any atom is 0.309 e. The Morgan fingerprint density at radius 3 is 2.65 bits per heavy atom. The Hall–Kier alpha value is -2.02. The number of carbonyl (C=O) groups is 2. The highest BCUT2D eigenvalue weighted by atomic mass is 79.9. The quantitative estimate of drug-likeness (QED) is 0.699. The van der Waals surface area contributed by atoms with Crippen molar-refractivity contribution in [2.45, 2.75) is 38.7 Å². The number of ether oxygens (including phenoxy) is 1. The van der Waals surface area contributed by atoms with E-state index in [9.17, 15) is 9.59 Å². The molecule has 1 aromatic carbocycles. The van der Waals surface area contributed by atoms with Crippen LogP contribution < -0.4 is 0 Å². The van der Waals surface area contributed by atoms with Gasteiger partial charge in [0.1, 0.15) is 5.78 Å². The van der Waals surface area contributed by atoms with E-state index in [4.69, 9.17) is 9.15 Å². The summed E-state index contributed by atoms with van der Waals surface area (Å²) in [6, 6.07) is 7.54. The van der Waals surface area contributed by atoms with E-state index in [1.807, 2.05) is 24.3 Å². The summed E-state index contributed by atoms with van der Waals surface area (Å²) >= 11 is 3.44. The topological polar surface area (TPSA) is 82.3 Å². The van der Waals surface area contributed by atoms with Crippen LogP contribution in [0.1, 0.15) is 38.0 Å². The summed E-state index contributed by atoms with van der Waals surface area (Å²) in [5.74, 6) is 0.576. The van der Waals surface area contributed by atoms with Gasteiger partial charge >= 0.3 is 5.97 Å². The van der Waals surface area contributed by atoms with Gasteiger partial charge in [0.15, 0.2) is 6.61 Å². The highest BCUT2D eigenvalue weighted by Crippen LogP contribution is 2.40. The Morgan fingerprint density at radius 1 is 1.19 bits per heavy atom. The summed E-state index contributed by atoms with van der Waals surface area (Å²) in [5.41, 5.74) is 0.788. The van der Waals surface area contributed by atoms with Gasteiger partial charge in [-0.2, -0.15) is 0 Å². The molecule has 1 aromatic heterocycles. The molecule has 0 N–H and O–H groups in total. The van der Waals surface area contributed by atoms with Gasteiger partial charge in [-0.3, -0.25) is 9.59 Å². The highest BCUT2D eigenvalue weighted by molar-refractivity contribution is 9.10. The van der Waals surface area contributed by atoms with Crippen molar-refractivity contribution in [3.05, 3.63) is 34.6 Å². The molecule has 1 heterocycles. The number of rotatable bonds is 4. The highest BCUT2D eigenvalue weighted by Gasteiger charge is 2.41. The number of carbonyl (C=O) groups excluding carboxylic acids is 2. The fourth-order valence-electron chi connectivity index (χ4n) is 3.98. The second-order valence-corrected chi connectivity index (χ2v) is 7.84. The van der Waals surface area contributed by atoms with Crippen LogP contribution in [0.5, 0.6) is 0 Å². The Morgan fingerprint density at radius 2 is 1.92 bits per heavy atom. The van der Waals surface area contributed by atoms with Crippen LogP contribution in [0.25, 0.3) is 11.5 Å². The Bertz CT molecular complexity index is 818.